The first-order valence-electron chi connectivity index (χ1n) is 7.26. The molecule has 0 bridgehead atoms. The van der Waals surface area contributed by atoms with Gasteiger partial charge in [0, 0.05) is 0 Å². The summed E-state index contributed by atoms with van der Waals surface area (Å²) in [7, 11) is 0. The van der Waals surface area contributed by atoms with Crippen LogP contribution in [0.2, 0.25) is 0 Å². The molecule has 1 unspecified atom stereocenters. The Balaban J connectivity index is 3.05. The molecule has 6 nitrogen and oxygen atoms in total. The third-order valence-corrected chi connectivity index (χ3v) is 2.87. The molecule has 0 saturated heterocycles. The molecule has 0 heterocycles. The van der Waals surface area contributed by atoms with Crippen molar-refractivity contribution in [3.8, 4) is 0 Å². The van der Waals surface area contributed by atoms with E-state index in [1.54, 1.807) is 6.92 Å². The molecule has 0 amide bonds. The topological polar surface area (TPSA) is 99.4 Å². The Labute approximate surface area is 116 Å². The van der Waals surface area contributed by atoms with E-state index < -0.39 is 12.0 Å². The summed E-state index contributed by atoms with van der Waals surface area (Å²) in [6, 6.07) is -0.459. The number of hydrogen-bond acceptors (Lipinski definition) is 5. The minimum Gasteiger partial charge on any atom is -0.480 e. The second-order valence-electron chi connectivity index (χ2n) is 4.72. The summed E-state index contributed by atoms with van der Waals surface area (Å²) < 4.78 is 0. The van der Waals surface area contributed by atoms with Crippen molar-refractivity contribution in [3.05, 3.63) is 0 Å². The fourth-order valence-electron chi connectivity index (χ4n) is 1.60. The predicted molar refractivity (Wildman–Crippen MR) is 78.4 cm³/mol. The van der Waals surface area contributed by atoms with Crippen molar-refractivity contribution in [1.29, 1.82) is 0 Å². The van der Waals surface area contributed by atoms with E-state index in [1.807, 2.05) is 0 Å². The lowest BCUT2D eigenvalue weighted by Crippen LogP contribution is -2.35. The van der Waals surface area contributed by atoms with Crippen molar-refractivity contribution in [2.45, 2.75) is 38.6 Å². The number of aliphatic carboxylic acids is 1. The SMILES string of the molecule is CC(NCCCNCCCCNCCCN)C(=O)O. The maximum absolute atomic E-state index is 10.5. The third kappa shape index (κ3) is 13.5. The van der Waals surface area contributed by atoms with Gasteiger partial charge < -0.3 is 26.8 Å². The summed E-state index contributed by atoms with van der Waals surface area (Å²) in [4.78, 5) is 10.5. The Kier molecular flexibility index (Phi) is 13.2. The number of carboxylic acids is 1. The number of nitrogens with two attached hydrogens (primary N) is 1. The van der Waals surface area contributed by atoms with Gasteiger partial charge in [-0.15, -0.1) is 0 Å². The smallest absolute Gasteiger partial charge is 0.320 e. The lowest BCUT2D eigenvalue weighted by atomic mass is 10.3. The van der Waals surface area contributed by atoms with E-state index in [-0.39, 0.29) is 0 Å². The van der Waals surface area contributed by atoms with Crippen molar-refractivity contribution < 1.29 is 9.90 Å². The van der Waals surface area contributed by atoms with Crippen LogP contribution in [-0.2, 0) is 4.79 Å². The van der Waals surface area contributed by atoms with Gasteiger partial charge in [-0.25, -0.2) is 0 Å². The minimum atomic E-state index is -0.796. The normalized spacial score (nSPS) is 12.5. The molecule has 0 rings (SSSR count). The van der Waals surface area contributed by atoms with Crippen LogP contribution in [0.5, 0.6) is 0 Å². The molecule has 6 N–H and O–H groups in total. The highest BCUT2D eigenvalue weighted by molar-refractivity contribution is 5.72. The number of unbranched alkanes of at least 4 members (excludes halogenated alkanes) is 1. The fraction of sp³-hybridized carbons (Fsp3) is 0.923. The Bertz CT molecular complexity index is 215. The molecule has 0 radical (unpaired) electrons. The number of hydrogen-bond donors (Lipinski definition) is 5. The molecule has 19 heavy (non-hydrogen) atoms. The zero-order valence-electron chi connectivity index (χ0n) is 12.1. The van der Waals surface area contributed by atoms with Crippen LogP contribution in [0.1, 0.15) is 32.6 Å². The predicted octanol–water partition coefficient (Wildman–Crippen LogP) is -0.253. The molecule has 0 aromatic rings. The van der Waals surface area contributed by atoms with E-state index in [4.69, 9.17) is 10.8 Å². The Hall–Kier alpha value is -0.690. The van der Waals surface area contributed by atoms with Gasteiger partial charge in [-0.3, -0.25) is 4.79 Å². The first-order valence-corrected chi connectivity index (χ1v) is 7.26. The molecule has 0 saturated carbocycles. The molecule has 0 aliphatic heterocycles. The number of carboxylic acid groups (broad SMARTS) is 1. The molecule has 0 aliphatic rings. The standard InChI is InChI=1S/C13H30N4O2/c1-12(13(18)19)17-11-5-10-16-8-3-2-7-15-9-4-6-14/h12,15-17H,2-11,14H2,1H3,(H,18,19). The largest absolute Gasteiger partial charge is 0.480 e. The van der Waals surface area contributed by atoms with Crippen molar-refractivity contribution in [2.75, 3.05) is 39.3 Å². The van der Waals surface area contributed by atoms with Crippen LogP contribution in [0.15, 0.2) is 0 Å². The summed E-state index contributed by atoms with van der Waals surface area (Å²) >= 11 is 0. The molecule has 0 aromatic heterocycles. The molecule has 0 aromatic carbocycles. The van der Waals surface area contributed by atoms with Gasteiger partial charge in [-0.05, 0) is 71.9 Å². The third-order valence-electron chi connectivity index (χ3n) is 2.87. The highest BCUT2D eigenvalue weighted by Gasteiger charge is 2.07. The molecule has 6 heteroatoms. The average Bonchev–Trinajstić information content (AvgIpc) is 2.39. The van der Waals surface area contributed by atoms with Gasteiger partial charge in [0.05, 0.1) is 0 Å². The number of nitrogens with one attached hydrogen (secondary N) is 3. The van der Waals surface area contributed by atoms with Crippen LogP contribution in [0.25, 0.3) is 0 Å². The summed E-state index contributed by atoms with van der Waals surface area (Å²) in [6.45, 7) is 7.17. The van der Waals surface area contributed by atoms with Crippen LogP contribution in [0, 0.1) is 0 Å². The lowest BCUT2D eigenvalue weighted by molar-refractivity contribution is -0.138. The first kappa shape index (κ1) is 18.3. The summed E-state index contributed by atoms with van der Waals surface area (Å²) in [5.74, 6) is -0.796. The molecule has 0 fully saturated rings. The van der Waals surface area contributed by atoms with E-state index in [0.717, 1.165) is 58.5 Å². The zero-order chi connectivity index (χ0) is 14.3. The van der Waals surface area contributed by atoms with Crippen molar-refractivity contribution in [1.82, 2.24) is 16.0 Å². The van der Waals surface area contributed by atoms with E-state index in [2.05, 4.69) is 16.0 Å². The maximum Gasteiger partial charge on any atom is 0.320 e. The highest BCUT2D eigenvalue weighted by atomic mass is 16.4. The average molecular weight is 274 g/mol. The van der Waals surface area contributed by atoms with Gasteiger partial charge in [-0.1, -0.05) is 0 Å². The van der Waals surface area contributed by atoms with Crippen LogP contribution in [0.4, 0.5) is 0 Å². The van der Waals surface area contributed by atoms with Gasteiger partial charge in [-0.2, -0.15) is 0 Å². The molecule has 0 aliphatic carbocycles. The van der Waals surface area contributed by atoms with Gasteiger partial charge >= 0.3 is 5.97 Å². The summed E-state index contributed by atoms with van der Waals surface area (Å²) in [5.41, 5.74) is 5.40. The van der Waals surface area contributed by atoms with Crippen LogP contribution in [0.3, 0.4) is 0 Å². The maximum atomic E-state index is 10.5. The van der Waals surface area contributed by atoms with Crippen LogP contribution >= 0.6 is 0 Å². The van der Waals surface area contributed by atoms with Crippen molar-refractivity contribution in [2.24, 2.45) is 5.73 Å². The van der Waals surface area contributed by atoms with Crippen molar-refractivity contribution in [3.63, 3.8) is 0 Å². The van der Waals surface area contributed by atoms with E-state index in [1.165, 1.54) is 6.42 Å². The van der Waals surface area contributed by atoms with Crippen LogP contribution < -0.4 is 21.7 Å². The zero-order valence-corrected chi connectivity index (χ0v) is 12.1. The Morgan fingerprint density at radius 1 is 1.00 bits per heavy atom. The highest BCUT2D eigenvalue weighted by Crippen LogP contribution is 1.86. The minimum absolute atomic E-state index is 0.459. The molecule has 1 atom stereocenters. The van der Waals surface area contributed by atoms with Crippen LogP contribution in [-0.4, -0.2) is 56.4 Å². The molecule has 0 spiro atoms. The van der Waals surface area contributed by atoms with Gasteiger partial charge in [0.15, 0.2) is 0 Å². The Morgan fingerprint density at radius 2 is 1.53 bits per heavy atom. The Morgan fingerprint density at radius 3 is 2.05 bits per heavy atom. The molecule has 114 valence electrons. The number of carbonyl (C=O) groups is 1. The lowest BCUT2D eigenvalue weighted by Gasteiger charge is -2.09. The van der Waals surface area contributed by atoms with Gasteiger partial charge in [0.2, 0.25) is 0 Å². The second-order valence-corrected chi connectivity index (χ2v) is 4.72. The first-order chi connectivity index (χ1) is 9.18. The summed E-state index contributed by atoms with van der Waals surface area (Å²) in [5, 5.41) is 18.3. The van der Waals surface area contributed by atoms with Gasteiger partial charge in [0.1, 0.15) is 6.04 Å². The number of rotatable bonds is 14. The van der Waals surface area contributed by atoms with E-state index >= 15 is 0 Å². The second kappa shape index (κ2) is 13.7. The van der Waals surface area contributed by atoms with Gasteiger partial charge in [0.25, 0.3) is 0 Å². The quantitative estimate of drug-likeness (QED) is 0.280. The van der Waals surface area contributed by atoms with Crippen molar-refractivity contribution >= 4 is 5.97 Å². The van der Waals surface area contributed by atoms with E-state index in [9.17, 15) is 4.79 Å². The fourth-order valence-corrected chi connectivity index (χ4v) is 1.60. The molecular formula is C13H30N4O2. The van der Waals surface area contributed by atoms with E-state index in [0.29, 0.717) is 0 Å². The monoisotopic (exact) mass is 274 g/mol. The molecular weight excluding hydrogens is 244 g/mol. The summed E-state index contributed by atoms with van der Waals surface area (Å²) in [6.07, 6.45) is 4.33.